The highest BCUT2D eigenvalue weighted by Gasteiger charge is 2.12. The van der Waals surface area contributed by atoms with Gasteiger partial charge in [0.05, 0.1) is 24.6 Å². The van der Waals surface area contributed by atoms with Crippen LogP contribution < -0.4 is 10.1 Å². The molecule has 2 aromatic carbocycles. The molecule has 1 amide bonds. The number of anilines is 1. The molecule has 0 aliphatic heterocycles. The number of ether oxygens (including phenoxy) is 1. The molecular weight excluding hydrogens is 364 g/mol. The van der Waals surface area contributed by atoms with Crippen LogP contribution >= 0.6 is 11.6 Å². The van der Waals surface area contributed by atoms with E-state index in [1.54, 1.807) is 25.3 Å². The zero-order valence-electron chi connectivity index (χ0n) is 14.4. The topological polar surface area (TPSA) is 64.4 Å². The minimum absolute atomic E-state index is 0.247. The number of carbonyl (C=O) groups is 1. The zero-order valence-corrected chi connectivity index (χ0v) is 15.2. The van der Waals surface area contributed by atoms with Crippen molar-refractivity contribution in [2.45, 2.75) is 0 Å². The van der Waals surface area contributed by atoms with E-state index in [4.69, 9.17) is 25.7 Å². The number of hydrogen-bond acceptors (Lipinski definition) is 4. The third-order valence-corrected chi connectivity index (χ3v) is 4.35. The van der Waals surface area contributed by atoms with Crippen molar-refractivity contribution < 1.29 is 13.9 Å². The highest BCUT2D eigenvalue weighted by Crippen LogP contribution is 2.32. The van der Waals surface area contributed by atoms with Crippen LogP contribution in [-0.2, 0) is 0 Å². The van der Waals surface area contributed by atoms with E-state index in [9.17, 15) is 4.79 Å². The second kappa shape index (κ2) is 7.13. The molecule has 2 aromatic heterocycles. The fourth-order valence-electron chi connectivity index (χ4n) is 2.84. The fraction of sp³-hybridized carbons (Fsp3) is 0.0476. The highest BCUT2D eigenvalue weighted by atomic mass is 35.5. The van der Waals surface area contributed by atoms with Crippen molar-refractivity contribution >= 4 is 34.1 Å². The van der Waals surface area contributed by atoms with Gasteiger partial charge in [-0.15, -0.1) is 0 Å². The van der Waals surface area contributed by atoms with Gasteiger partial charge in [0.15, 0.2) is 5.76 Å². The predicted molar refractivity (Wildman–Crippen MR) is 105 cm³/mol. The second-order valence-corrected chi connectivity index (χ2v) is 6.32. The standard InChI is InChI=1S/C21H15ClN2O3/c1-26-20-12-18(13-4-2-5-14(22)10-13)24-17-8-7-15(11-16(17)20)23-21(25)19-6-3-9-27-19/h2-12H,1H3,(H,23,25). The summed E-state index contributed by atoms with van der Waals surface area (Å²) in [6, 6.07) is 18.1. The Morgan fingerprint density at radius 1 is 1.11 bits per heavy atom. The Hall–Kier alpha value is -3.31. The van der Waals surface area contributed by atoms with Crippen LogP contribution in [0, 0.1) is 0 Å². The first-order valence-electron chi connectivity index (χ1n) is 8.23. The lowest BCUT2D eigenvalue weighted by Gasteiger charge is -2.11. The van der Waals surface area contributed by atoms with Gasteiger partial charge < -0.3 is 14.5 Å². The highest BCUT2D eigenvalue weighted by molar-refractivity contribution is 6.30. The molecule has 5 nitrogen and oxygen atoms in total. The van der Waals surface area contributed by atoms with Crippen LogP contribution in [0.1, 0.15) is 10.6 Å². The molecule has 0 saturated heterocycles. The van der Waals surface area contributed by atoms with Crippen molar-refractivity contribution in [3.05, 3.63) is 77.7 Å². The molecule has 0 aliphatic carbocycles. The van der Waals surface area contributed by atoms with Crippen molar-refractivity contribution in [1.29, 1.82) is 0 Å². The number of nitrogens with zero attached hydrogens (tertiary/aromatic N) is 1. The van der Waals surface area contributed by atoms with Crippen LogP contribution in [-0.4, -0.2) is 18.0 Å². The Kier molecular flexibility index (Phi) is 4.52. The number of aromatic nitrogens is 1. The maximum atomic E-state index is 12.2. The fourth-order valence-corrected chi connectivity index (χ4v) is 3.03. The van der Waals surface area contributed by atoms with Crippen LogP contribution in [0.5, 0.6) is 5.75 Å². The lowest BCUT2D eigenvalue weighted by atomic mass is 10.1. The smallest absolute Gasteiger partial charge is 0.291 e. The normalized spacial score (nSPS) is 10.7. The van der Waals surface area contributed by atoms with Gasteiger partial charge in [0.2, 0.25) is 0 Å². The summed E-state index contributed by atoms with van der Waals surface area (Å²) in [6.45, 7) is 0. The molecule has 1 N–H and O–H groups in total. The van der Waals surface area contributed by atoms with Crippen molar-refractivity contribution in [3.63, 3.8) is 0 Å². The van der Waals surface area contributed by atoms with Gasteiger partial charge in [0, 0.05) is 27.7 Å². The van der Waals surface area contributed by atoms with Crippen molar-refractivity contribution in [2.24, 2.45) is 0 Å². The Labute approximate surface area is 160 Å². The Morgan fingerprint density at radius 3 is 2.74 bits per heavy atom. The van der Waals surface area contributed by atoms with E-state index >= 15 is 0 Å². The van der Waals surface area contributed by atoms with Gasteiger partial charge in [0.1, 0.15) is 5.75 Å². The number of carbonyl (C=O) groups excluding carboxylic acids is 1. The summed E-state index contributed by atoms with van der Waals surface area (Å²) in [5, 5.41) is 4.24. The zero-order chi connectivity index (χ0) is 18.8. The Bertz CT molecular complexity index is 1120. The number of pyridine rings is 1. The molecule has 6 heteroatoms. The summed E-state index contributed by atoms with van der Waals surface area (Å²) in [4.78, 5) is 16.9. The number of furan rings is 1. The van der Waals surface area contributed by atoms with E-state index in [-0.39, 0.29) is 11.7 Å². The Morgan fingerprint density at radius 2 is 2.00 bits per heavy atom. The SMILES string of the molecule is COc1cc(-c2cccc(Cl)c2)nc2ccc(NC(=O)c3ccco3)cc12. The lowest BCUT2D eigenvalue weighted by Crippen LogP contribution is -2.10. The number of rotatable bonds is 4. The van der Waals surface area contributed by atoms with Crippen molar-refractivity contribution in [1.82, 2.24) is 4.98 Å². The van der Waals surface area contributed by atoms with Crippen LogP contribution in [0.15, 0.2) is 71.3 Å². The van der Waals surface area contributed by atoms with E-state index in [0.717, 1.165) is 22.2 Å². The van der Waals surface area contributed by atoms with E-state index in [1.165, 1.54) is 6.26 Å². The first-order valence-corrected chi connectivity index (χ1v) is 8.61. The van der Waals surface area contributed by atoms with Gasteiger partial charge in [-0.05, 0) is 42.5 Å². The molecule has 134 valence electrons. The molecule has 0 aliphatic rings. The number of benzene rings is 2. The monoisotopic (exact) mass is 378 g/mol. The first kappa shape index (κ1) is 17.1. The number of nitrogens with one attached hydrogen (secondary N) is 1. The second-order valence-electron chi connectivity index (χ2n) is 5.88. The molecule has 0 bridgehead atoms. The summed E-state index contributed by atoms with van der Waals surface area (Å²) in [5.41, 5.74) is 3.03. The number of amides is 1. The molecule has 4 aromatic rings. The van der Waals surface area contributed by atoms with Gasteiger partial charge in [0.25, 0.3) is 5.91 Å². The molecule has 0 radical (unpaired) electrons. The third-order valence-electron chi connectivity index (χ3n) is 4.11. The summed E-state index contributed by atoms with van der Waals surface area (Å²) < 4.78 is 10.7. The number of methoxy groups -OCH3 is 1. The molecule has 0 fully saturated rings. The van der Waals surface area contributed by atoms with Crippen LogP contribution in [0.2, 0.25) is 5.02 Å². The molecule has 0 unspecified atom stereocenters. The largest absolute Gasteiger partial charge is 0.496 e. The van der Waals surface area contributed by atoms with Gasteiger partial charge in [-0.25, -0.2) is 4.98 Å². The van der Waals surface area contributed by atoms with E-state index in [0.29, 0.717) is 16.5 Å². The number of fused-ring (bicyclic) bond motifs is 1. The van der Waals surface area contributed by atoms with Gasteiger partial charge in [-0.1, -0.05) is 23.7 Å². The molecule has 0 atom stereocenters. The minimum atomic E-state index is -0.318. The quantitative estimate of drug-likeness (QED) is 0.515. The Balaban J connectivity index is 1.73. The molecule has 27 heavy (non-hydrogen) atoms. The van der Waals surface area contributed by atoms with E-state index in [1.807, 2.05) is 42.5 Å². The van der Waals surface area contributed by atoms with Gasteiger partial charge in [-0.2, -0.15) is 0 Å². The molecule has 0 saturated carbocycles. The molecule has 2 heterocycles. The summed E-state index contributed by atoms with van der Waals surface area (Å²) in [5.74, 6) is 0.586. The van der Waals surface area contributed by atoms with Gasteiger partial charge in [-0.3, -0.25) is 4.79 Å². The van der Waals surface area contributed by atoms with Crippen LogP contribution in [0.3, 0.4) is 0 Å². The van der Waals surface area contributed by atoms with Crippen LogP contribution in [0.4, 0.5) is 5.69 Å². The predicted octanol–water partition coefficient (Wildman–Crippen LogP) is 5.41. The molecule has 0 spiro atoms. The lowest BCUT2D eigenvalue weighted by molar-refractivity contribution is 0.0996. The molecule has 4 rings (SSSR count). The molecular formula is C21H15ClN2O3. The first-order chi connectivity index (χ1) is 13.1. The summed E-state index contributed by atoms with van der Waals surface area (Å²) >= 11 is 6.09. The average Bonchev–Trinajstić information content (AvgIpc) is 3.22. The van der Waals surface area contributed by atoms with Crippen molar-refractivity contribution in [2.75, 3.05) is 12.4 Å². The average molecular weight is 379 g/mol. The number of halogens is 1. The van der Waals surface area contributed by atoms with Gasteiger partial charge >= 0.3 is 0 Å². The maximum absolute atomic E-state index is 12.2. The van der Waals surface area contributed by atoms with Crippen LogP contribution in [0.25, 0.3) is 22.2 Å². The maximum Gasteiger partial charge on any atom is 0.291 e. The van der Waals surface area contributed by atoms with E-state index < -0.39 is 0 Å². The third kappa shape index (κ3) is 3.50. The summed E-state index contributed by atoms with van der Waals surface area (Å²) in [7, 11) is 1.60. The van der Waals surface area contributed by atoms with E-state index in [2.05, 4.69) is 5.32 Å². The minimum Gasteiger partial charge on any atom is -0.496 e. The van der Waals surface area contributed by atoms with Crippen molar-refractivity contribution in [3.8, 4) is 17.0 Å². The number of hydrogen-bond donors (Lipinski definition) is 1. The summed E-state index contributed by atoms with van der Waals surface area (Å²) in [6.07, 6.45) is 1.46.